The normalized spacial score (nSPS) is 14.5. The molecule has 122 valence electrons. The second kappa shape index (κ2) is 6.05. The first-order valence-electron chi connectivity index (χ1n) is 8.07. The third kappa shape index (κ3) is 3.00. The molecule has 0 spiro atoms. The number of nitrogens with two attached hydrogens (primary N) is 1. The van der Waals surface area contributed by atoms with Crippen molar-refractivity contribution in [1.29, 1.82) is 0 Å². The van der Waals surface area contributed by atoms with Gasteiger partial charge >= 0.3 is 0 Å². The standard InChI is InChI=1S/C18H20N6/c1-23-10-16(21-12-23)11-24-7-6-17-14(9-24)8-20-18(22-17)13-2-4-15(19)5-3-13/h2-5,8,10,12H,6-7,9,11,19H2,1H3. The highest BCUT2D eigenvalue weighted by molar-refractivity contribution is 5.58. The van der Waals surface area contributed by atoms with Gasteiger partial charge in [0.25, 0.3) is 0 Å². The number of aromatic nitrogens is 4. The number of anilines is 1. The van der Waals surface area contributed by atoms with E-state index >= 15 is 0 Å². The third-order valence-electron chi connectivity index (χ3n) is 4.33. The molecule has 3 heterocycles. The minimum absolute atomic E-state index is 0.752. The summed E-state index contributed by atoms with van der Waals surface area (Å²) in [6, 6.07) is 7.69. The monoisotopic (exact) mass is 320 g/mol. The number of hydrogen-bond acceptors (Lipinski definition) is 5. The number of aryl methyl sites for hydroxylation is 1. The van der Waals surface area contributed by atoms with Crippen LogP contribution in [-0.2, 0) is 26.6 Å². The van der Waals surface area contributed by atoms with Gasteiger partial charge in [0.15, 0.2) is 5.82 Å². The van der Waals surface area contributed by atoms with E-state index in [9.17, 15) is 0 Å². The van der Waals surface area contributed by atoms with Crippen LogP contribution < -0.4 is 5.73 Å². The predicted molar refractivity (Wildman–Crippen MR) is 92.9 cm³/mol. The Balaban J connectivity index is 1.52. The molecule has 0 saturated heterocycles. The number of nitrogen functional groups attached to an aromatic ring is 1. The minimum Gasteiger partial charge on any atom is -0.399 e. The fourth-order valence-electron chi connectivity index (χ4n) is 3.06. The molecule has 1 aliphatic rings. The SMILES string of the molecule is Cn1cnc(CN2CCc3nc(-c4ccc(N)cc4)ncc3C2)c1. The first-order chi connectivity index (χ1) is 11.7. The highest BCUT2D eigenvalue weighted by Crippen LogP contribution is 2.22. The summed E-state index contributed by atoms with van der Waals surface area (Å²) >= 11 is 0. The van der Waals surface area contributed by atoms with Gasteiger partial charge in [-0.2, -0.15) is 0 Å². The highest BCUT2D eigenvalue weighted by atomic mass is 15.2. The van der Waals surface area contributed by atoms with Crippen LogP contribution in [0.25, 0.3) is 11.4 Å². The lowest BCUT2D eigenvalue weighted by atomic mass is 10.1. The molecule has 0 saturated carbocycles. The maximum atomic E-state index is 5.74. The van der Waals surface area contributed by atoms with Gasteiger partial charge in [0.2, 0.25) is 0 Å². The molecule has 0 atom stereocenters. The van der Waals surface area contributed by atoms with Crippen molar-refractivity contribution in [1.82, 2.24) is 24.4 Å². The molecule has 3 aromatic rings. The molecular weight excluding hydrogens is 300 g/mol. The topological polar surface area (TPSA) is 72.9 Å². The molecule has 2 N–H and O–H groups in total. The Bertz CT molecular complexity index is 852. The van der Waals surface area contributed by atoms with Crippen molar-refractivity contribution >= 4 is 5.69 Å². The quantitative estimate of drug-likeness (QED) is 0.748. The van der Waals surface area contributed by atoms with Crippen molar-refractivity contribution in [2.75, 3.05) is 12.3 Å². The van der Waals surface area contributed by atoms with Crippen molar-refractivity contribution in [3.05, 3.63) is 59.9 Å². The van der Waals surface area contributed by atoms with E-state index in [1.807, 2.05) is 48.4 Å². The lowest BCUT2D eigenvalue weighted by Gasteiger charge is -2.27. The average molecular weight is 320 g/mol. The maximum absolute atomic E-state index is 5.74. The fourth-order valence-corrected chi connectivity index (χ4v) is 3.06. The third-order valence-corrected chi connectivity index (χ3v) is 4.33. The Morgan fingerprint density at radius 3 is 2.75 bits per heavy atom. The van der Waals surface area contributed by atoms with Gasteiger partial charge in [0, 0.05) is 62.3 Å². The lowest BCUT2D eigenvalue weighted by Crippen LogP contribution is -2.31. The first kappa shape index (κ1) is 14.8. The molecule has 0 radical (unpaired) electrons. The minimum atomic E-state index is 0.752. The van der Waals surface area contributed by atoms with Gasteiger partial charge in [-0.1, -0.05) is 0 Å². The molecule has 0 fully saturated rings. The van der Waals surface area contributed by atoms with E-state index in [-0.39, 0.29) is 0 Å². The van der Waals surface area contributed by atoms with Gasteiger partial charge in [-0.3, -0.25) is 4.90 Å². The van der Waals surface area contributed by atoms with Crippen LogP contribution in [0.4, 0.5) is 5.69 Å². The number of hydrogen-bond donors (Lipinski definition) is 1. The van der Waals surface area contributed by atoms with Crippen LogP contribution >= 0.6 is 0 Å². The first-order valence-corrected chi connectivity index (χ1v) is 8.07. The molecular formula is C18H20N6. The van der Waals surface area contributed by atoms with Crippen molar-refractivity contribution in [2.24, 2.45) is 7.05 Å². The van der Waals surface area contributed by atoms with Gasteiger partial charge in [-0.15, -0.1) is 0 Å². The summed E-state index contributed by atoms with van der Waals surface area (Å²) in [6.07, 6.45) is 6.80. The van der Waals surface area contributed by atoms with E-state index in [0.717, 1.165) is 54.5 Å². The van der Waals surface area contributed by atoms with Gasteiger partial charge in [-0.25, -0.2) is 15.0 Å². The smallest absolute Gasteiger partial charge is 0.159 e. The second-order valence-electron chi connectivity index (χ2n) is 6.28. The van der Waals surface area contributed by atoms with Crippen molar-refractivity contribution in [3.8, 4) is 11.4 Å². The van der Waals surface area contributed by atoms with E-state index in [1.165, 1.54) is 5.56 Å². The van der Waals surface area contributed by atoms with E-state index in [0.29, 0.717) is 0 Å². The summed E-state index contributed by atoms with van der Waals surface area (Å²) in [4.78, 5) is 16.1. The number of nitrogens with zero attached hydrogens (tertiary/aromatic N) is 5. The van der Waals surface area contributed by atoms with Crippen LogP contribution in [0.2, 0.25) is 0 Å². The zero-order valence-electron chi connectivity index (χ0n) is 13.7. The summed E-state index contributed by atoms with van der Waals surface area (Å²) in [7, 11) is 1.99. The van der Waals surface area contributed by atoms with Crippen molar-refractivity contribution in [2.45, 2.75) is 19.5 Å². The van der Waals surface area contributed by atoms with Gasteiger partial charge in [0.05, 0.1) is 17.7 Å². The summed E-state index contributed by atoms with van der Waals surface area (Å²) < 4.78 is 1.98. The van der Waals surface area contributed by atoms with Gasteiger partial charge < -0.3 is 10.3 Å². The molecule has 0 aliphatic carbocycles. The second-order valence-corrected chi connectivity index (χ2v) is 6.28. The van der Waals surface area contributed by atoms with Crippen LogP contribution in [0, 0.1) is 0 Å². The Hall–Kier alpha value is -2.73. The maximum Gasteiger partial charge on any atom is 0.159 e. The van der Waals surface area contributed by atoms with Crippen LogP contribution in [-0.4, -0.2) is 31.0 Å². The Morgan fingerprint density at radius 2 is 2.00 bits per heavy atom. The molecule has 4 rings (SSSR count). The van der Waals surface area contributed by atoms with Crippen LogP contribution in [0.15, 0.2) is 43.0 Å². The summed E-state index contributed by atoms with van der Waals surface area (Å²) in [6.45, 7) is 2.72. The Morgan fingerprint density at radius 1 is 1.17 bits per heavy atom. The van der Waals surface area contributed by atoms with Crippen molar-refractivity contribution in [3.63, 3.8) is 0 Å². The number of benzene rings is 1. The van der Waals surface area contributed by atoms with Gasteiger partial charge in [-0.05, 0) is 24.3 Å². The molecule has 24 heavy (non-hydrogen) atoms. The lowest BCUT2D eigenvalue weighted by molar-refractivity contribution is 0.240. The molecule has 2 aromatic heterocycles. The highest BCUT2D eigenvalue weighted by Gasteiger charge is 2.19. The zero-order chi connectivity index (χ0) is 16.5. The van der Waals surface area contributed by atoms with Crippen LogP contribution in [0.3, 0.4) is 0 Å². The van der Waals surface area contributed by atoms with E-state index < -0.39 is 0 Å². The van der Waals surface area contributed by atoms with E-state index in [1.54, 1.807) is 0 Å². The number of rotatable bonds is 3. The summed E-state index contributed by atoms with van der Waals surface area (Å²) in [5, 5.41) is 0. The largest absolute Gasteiger partial charge is 0.399 e. The molecule has 0 unspecified atom stereocenters. The molecule has 1 aromatic carbocycles. The van der Waals surface area contributed by atoms with Gasteiger partial charge in [0.1, 0.15) is 0 Å². The Kier molecular flexibility index (Phi) is 3.74. The zero-order valence-corrected chi connectivity index (χ0v) is 13.7. The number of fused-ring (bicyclic) bond motifs is 1. The number of imidazole rings is 1. The van der Waals surface area contributed by atoms with Crippen LogP contribution in [0.5, 0.6) is 0 Å². The fraction of sp³-hybridized carbons (Fsp3) is 0.278. The summed E-state index contributed by atoms with van der Waals surface area (Å²) in [5.41, 5.74) is 10.9. The summed E-state index contributed by atoms with van der Waals surface area (Å²) in [5.74, 6) is 0.770. The van der Waals surface area contributed by atoms with Crippen molar-refractivity contribution < 1.29 is 0 Å². The average Bonchev–Trinajstić information content (AvgIpc) is 3.00. The Labute approximate surface area is 141 Å². The predicted octanol–water partition coefficient (Wildman–Crippen LogP) is 2.02. The molecule has 1 aliphatic heterocycles. The van der Waals surface area contributed by atoms with Crippen LogP contribution in [0.1, 0.15) is 17.0 Å². The van der Waals surface area contributed by atoms with E-state index in [2.05, 4.69) is 21.1 Å². The molecule has 6 nitrogen and oxygen atoms in total. The molecule has 0 amide bonds. The molecule has 0 bridgehead atoms. The molecule has 6 heteroatoms. The van der Waals surface area contributed by atoms with E-state index in [4.69, 9.17) is 10.7 Å².